The van der Waals surface area contributed by atoms with Crippen LogP contribution in [0.15, 0.2) is 0 Å². The number of hydrogen-bond acceptors (Lipinski definition) is 5. The van der Waals surface area contributed by atoms with Crippen LogP contribution in [-0.2, 0) is 14.4 Å². The van der Waals surface area contributed by atoms with Crippen molar-refractivity contribution in [3.8, 4) is 0 Å². The molecule has 1 saturated heterocycles. The van der Waals surface area contributed by atoms with Gasteiger partial charge in [-0.3, -0.25) is 24.7 Å². The van der Waals surface area contributed by atoms with Gasteiger partial charge in [-0.1, -0.05) is 0 Å². The third-order valence-corrected chi connectivity index (χ3v) is 3.46. The van der Waals surface area contributed by atoms with Crippen molar-refractivity contribution in [2.75, 3.05) is 40.3 Å². The molecule has 1 aliphatic heterocycles. The Labute approximate surface area is 118 Å². The number of carbonyl (C=O) groups is 3. The van der Waals surface area contributed by atoms with E-state index in [4.69, 9.17) is 5.84 Å². The summed E-state index contributed by atoms with van der Waals surface area (Å²) in [5, 5.41) is 2.51. The van der Waals surface area contributed by atoms with E-state index in [1.807, 2.05) is 0 Å². The van der Waals surface area contributed by atoms with E-state index in [-0.39, 0.29) is 36.7 Å². The Hall–Kier alpha value is -1.67. The zero-order valence-corrected chi connectivity index (χ0v) is 12.0. The van der Waals surface area contributed by atoms with Crippen LogP contribution in [-0.4, -0.2) is 67.8 Å². The number of carbonyl (C=O) groups excluding carboxylic acids is 3. The van der Waals surface area contributed by atoms with Crippen LogP contribution in [0.25, 0.3) is 0 Å². The molecule has 114 valence electrons. The second-order valence-corrected chi connectivity index (χ2v) is 5.01. The SMILES string of the molecule is CNC(=O)CN(C)CC(=O)N1CCC(C(=O)NN)CC1. The third-order valence-electron chi connectivity index (χ3n) is 3.46. The van der Waals surface area contributed by atoms with Crippen molar-refractivity contribution in [3.63, 3.8) is 0 Å². The van der Waals surface area contributed by atoms with Gasteiger partial charge in [-0.05, 0) is 19.9 Å². The van der Waals surface area contributed by atoms with Crippen LogP contribution < -0.4 is 16.6 Å². The van der Waals surface area contributed by atoms with Crippen molar-refractivity contribution in [2.24, 2.45) is 11.8 Å². The number of likely N-dealkylation sites (N-methyl/N-ethyl adjacent to an activating group) is 2. The maximum atomic E-state index is 12.1. The van der Waals surface area contributed by atoms with E-state index in [9.17, 15) is 14.4 Å². The first-order valence-corrected chi connectivity index (χ1v) is 6.65. The van der Waals surface area contributed by atoms with Gasteiger partial charge >= 0.3 is 0 Å². The number of hydrazine groups is 1. The summed E-state index contributed by atoms with van der Waals surface area (Å²) in [7, 11) is 3.28. The van der Waals surface area contributed by atoms with Gasteiger partial charge in [0.1, 0.15) is 0 Å². The van der Waals surface area contributed by atoms with Gasteiger partial charge in [-0.15, -0.1) is 0 Å². The van der Waals surface area contributed by atoms with Crippen molar-refractivity contribution in [1.29, 1.82) is 0 Å². The highest BCUT2D eigenvalue weighted by Crippen LogP contribution is 2.17. The van der Waals surface area contributed by atoms with Crippen LogP contribution in [0.4, 0.5) is 0 Å². The van der Waals surface area contributed by atoms with Crippen LogP contribution in [0.1, 0.15) is 12.8 Å². The normalized spacial score (nSPS) is 16.1. The zero-order chi connectivity index (χ0) is 15.1. The Balaban J connectivity index is 2.35. The van der Waals surface area contributed by atoms with E-state index < -0.39 is 0 Å². The molecule has 0 aromatic carbocycles. The molecule has 4 N–H and O–H groups in total. The summed E-state index contributed by atoms with van der Waals surface area (Å²) in [6.45, 7) is 1.48. The lowest BCUT2D eigenvalue weighted by atomic mass is 9.96. The first kappa shape index (κ1) is 16.4. The number of nitrogens with zero attached hydrogens (tertiary/aromatic N) is 2. The van der Waals surface area contributed by atoms with Crippen molar-refractivity contribution < 1.29 is 14.4 Å². The number of amides is 3. The predicted octanol–water partition coefficient (Wildman–Crippen LogP) is -2.11. The van der Waals surface area contributed by atoms with Crippen molar-refractivity contribution in [1.82, 2.24) is 20.5 Å². The number of likely N-dealkylation sites (tertiary alicyclic amines) is 1. The third kappa shape index (κ3) is 4.78. The topological polar surface area (TPSA) is 108 Å². The van der Waals surface area contributed by atoms with Crippen molar-refractivity contribution in [3.05, 3.63) is 0 Å². The molecule has 1 aliphatic rings. The monoisotopic (exact) mass is 285 g/mol. The summed E-state index contributed by atoms with van der Waals surface area (Å²) in [5.74, 6) is 4.66. The van der Waals surface area contributed by atoms with Gasteiger partial charge < -0.3 is 10.2 Å². The molecular formula is C12H23N5O3. The van der Waals surface area contributed by atoms with Crippen LogP contribution in [0.3, 0.4) is 0 Å². The van der Waals surface area contributed by atoms with Gasteiger partial charge in [0.25, 0.3) is 0 Å². The molecule has 0 spiro atoms. The summed E-state index contributed by atoms with van der Waals surface area (Å²) in [5.41, 5.74) is 2.14. The Kier molecular flexibility index (Phi) is 6.40. The van der Waals surface area contributed by atoms with E-state index in [1.165, 1.54) is 0 Å². The highest BCUT2D eigenvalue weighted by atomic mass is 16.2. The average molecular weight is 285 g/mol. The van der Waals surface area contributed by atoms with E-state index in [2.05, 4.69) is 10.7 Å². The van der Waals surface area contributed by atoms with Gasteiger partial charge in [0.2, 0.25) is 17.7 Å². The first-order chi connectivity index (χ1) is 9.47. The largest absolute Gasteiger partial charge is 0.358 e. The summed E-state index contributed by atoms with van der Waals surface area (Å²) < 4.78 is 0. The average Bonchev–Trinajstić information content (AvgIpc) is 2.46. The van der Waals surface area contributed by atoms with Crippen molar-refractivity contribution in [2.45, 2.75) is 12.8 Å². The molecule has 3 amide bonds. The molecule has 0 unspecified atom stereocenters. The molecule has 0 atom stereocenters. The number of piperidine rings is 1. The minimum atomic E-state index is -0.172. The molecular weight excluding hydrogens is 262 g/mol. The minimum absolute atomic E-state index is 0.0250. The highest BCUT2D eigenvalue weighted by molar-refractivity contribution is 5.82. The van der Waals surface area contributed by atoms with Crippen LogP contribution in [0, 0.1) is 5.92 Å². The fraction of sp³-hybridized carbons (Fsp3) is 0.750. The molecule has 8 nitrogen and oxygen atoms in total. The van der Waals surface area contributed by atoms with Crippen LogP contribution in [0.5, 0.6) is 0 Å². The fourth-order valence-electron chi connectivity index (χ4n) is 2.22. The molecule has 0 aliphatic carbocycles. The second kappa shape index (κ2) is 7.81. The minimum Gasteiger partial charge on any atom is -0.358 e. The lowest BCUT2D eigenvalue weighted by Gasteiger charge is -2.32. The van der Waals surface area contributed by atoms with Crippen LogP contribution >= 0.6 is 0 Å². The zero-order valence-electron chi connectivity index (χ0n) is 12.0. The number of nitrogens with one attached hydrogen (secondary N) is 2. The van der Waals surface area contributed by atoms with Gasteiger partial charge in [-0.25, -0.2) is 5.84 Å². The van der Waals surface area contributed by atoms with Crippen molar-refractivity contribution >= 4 is 17.7 Å². The molecule has 8 heteroatoms. The van der Waals surface area contributed by atoms with E-state index in [1.54, 1.807) is 23.9 Å². The molecule has 1 rings (SSSR count). The maximum absolute atomic E-state index is 12.1. The molecule has 0 aromatic rings. The second-order valence-electron chi connectivity index (χ2n) is 5.01. The molecule has 0 radical (unpaired) electrons. The van der Waals surface area contributed by atoms with Gasteiger partial charge in [0.15, 0.2) is 0 Å². The molecule has 0 aromatic heterocycles. The Morgan fingerprint density at radius 1 is 1.25 bits per heavy atom. The predicted molar refractivity (Wildman–Crippen MR) is 73.2 cm³/mol. The summed E-state index contributed by atoms with van der Waals surface area (Å²) in [4.78, 5) is 38.0. The molecule has 0 saturated carbocycles. The number of nitrogens with two attached hydrogens (primary N) is 1. The molecule has 1 heterocycles. The quantitative estimate of drug-likeness (QED) is 0.304. The maximum Gasteiger partial charge on any atom is 0.237 e. The number of rotatable bonds is 5. The number of hydrogen-bond donors (Lipinski definition) is 3. The Morgan fingerprint density at radius 3 is 2.35 bits per heavy atom. The molecule has 1 fully saturated rings. The smallest absolute Gasteiger partial charge is 0.237 e. The Morgan fingerprint density at radius 2 is 1.85 bits per heavy atom. The van der Waals surface area contributed by atoms with Gasteiger partial charge in [0, 0.05) is 26.1 Å². The summed E-state index contributed by atoms with van der Waals surface area (Å²) in [6, 6.07) is 0. The van der Waals surface area contributed by atoms with Crippen LogP contribution in [0.2, 0.25) is 0 Å². The first-order valence-electron chi connectivity index (χ1n) is 6.65. The molecule has 0 bridgehead atoms. The fourth-order valence-corrected chi connectivity index (χ4v) is 2.22. The summed E-state index contributed by atoms with van der Waals surface area (Å²) in [6.07, 6.45) is 1.24. The van der Waals surface area contributed by atoms with E-state index >= 15 is 0 Å². The summed E-state index contributed by atoms with van der Waals surface area (Å²) >= 11 is 0. The van der Waals surface area contributed by atoms with E-state index in [0.717, 1.165) is 0 Å². The van der Waals surface area contributed by atoms with E-state index in [0.29, 0.717) is 25.9 Å². The highest BCUT2D eigenvalue weighted by Gasteiger charge is 2.27. The molecule has 20 heavy (non-hydrogen) atoms. The van der Waals surface area contributed by atoms with Gasteiger partial charge in [0.05, 0.1) is 13.1 Å². The lowest BCUT2D eigenvalue weighted by Crippen LogP contribution is -2.47. The Bertz CT molecular complexity index is 366. The van der Waals surface area contributed by atoms with Gasteiger partial charge in [-0.2, -0.15) is 0 Å². The standard InChI is InChI=1S/C12H23N5O3/c1-14-10(18)7-16(2)8-11(19)17-5-3-9(4-6-17)12(20)15-13/h9H,3-8,13H2,1-2H3,(H,14,18)(H,15,20). The lowest BCUT2D eigenvalue weighted by molar-refractivity contribution is -0.136.